The van der Waals surface area contributed by atoms with Crippen molar-refractivity contribution < 1.29 is 9.90 Å². The Hall–Kier alpha value is -2.22. The largest absolute Gasteiger partial charge is 0.389 e. The third-order valence-electron chi connectivity index (χ3n) is 3.18. The number of aliphatic hydroxyl groups excluding tert-OH is 1. The molecule has 3 rings (SSSR count). The maximum absolute atomic E-state index is 11.1. The Morgan fingerprint density at radius 2 is 2.32 bits per heavy atom. The van der Waals surface area contributed by atoms with Gasteiger partial charge in [-0.3, -0.25) is 4.79 Å². The van der Waals surface area contributed by atoms with Gasteiger partial charge >= 0.3 is 0 Å². The number of rotatable bonds is 2. The molecule has 0 aromatic carbocycles. The number of carbonyl (C=O) groups is 1. The summed E-state index contributed by atoms with van der Waals surface area (Å²) in [7, 11) is 0. The van der Waals surface area contributed by atoms with Gasteiger partial charge in [-0.25, -0.2) is 15.0 Å². The van der Waals surface area contributed by atoms with E-state index in [1.165, 1.54) is 13.3 Å². The number of carbonyl (C=O) groups excluding carboxylic acids is 1. The summed E-state index contributed by atoms with van der Waals surface area (Å²) < 4.78 is 0. The molecule has 0 spiro atoms. The highest BCUT2D eigenvalue weighted by Gasteiger charge is 2.33. The predicted molar refractivity (Wildman–Crippen MR) is 67.5 cm³/mol. The molecule has 0 unspecified atom stereocenters. The van der Waals surface area contributed by atoms with E-state index in [9.17, 15) is 9.90 Å². The van der Waals surface area contributed by atoms with Gasteiger partial charge in [0.2, 0.25) is 5.91 Å². The number of aromatic nitrogens is 4. The molecule has 3 N–H and O–H groups in total. The molecular formula is C11H14N6O2. The number of anilines is 1. The van der Waals surface area contributed by atoms with Crippen molar-refractivity contribution in [3.05, 3.63) is 12.7 Å². The van der Waals surface area contributed by atoms with E-state index in [2.05, 4.69) is 25.3 Å². The quantitative estimate of drug-likeness (QED) is 0.643. The van der Waals surface area contributed by atoms with Crippen molar-refractivity contribution in [1.82, 2.24) is 25.3 Å². The molecule has 2 aromatic rings. The van der Waals surface area contributed by atoms with E-state index < -0.39 is 6.10 Å². The lowest BCUT2D eigenvalue weighted by molar-refractivity contribution is -0.120. The predicted octanol–water partition coefficient (Wildman–Crippen LogP) is -0.961. The molecule has 0 aliphatic carbocycles. The van der Waals surface area contributed by atoms with Gasteiger partial charge < -0.3 is 20.3 Å². The van der Waals surface area contributed by atoms with Crippen LogP contribution in [0.5, 0.6) is 0 Å². The Bertz CT molecular complexity index is 612. The standard InChI is InChI=1S/C11H14N6O2/c1-6(18)16-7-2-17(3-8(7)19)11-9-10(13-4-12-9)14-5-15-11/h4-5,7-8,19H,2-3H2,1H3,(H,16,18)(H,12,13,14,15)/t7-,8-/m1/s1. The van der Waals surface area contributed by atoms with Crippen LogP contribution in [0.1, 0.15) is 6.92 Å². The summed E-state index contributed by atoms with van der Waals surface area (Å²) >= 11 is 0. The lowest BCUT2D eigenvalue weighted by atomic mass is 10.2. The summed E-state index contributed by atoms with van der Waals surface area (Å²) in [6.45, 7) is 2.36. The van der Waals surface area contributed by atoms with Gasteiger partial charge in [-0.1, -0.05) is 0 Å². The molecular weight excluding hydrogens is 248 g/mol. The SMILES string of the molecule is CC(=O)N[C@@H]1CN(c2ncnc3nc[nH]c23)C[C@H]1O. The van der Waals surface area contributed by atoms with Crippen LogP contribution < -0.4 is 10.2 Å². The molecule has 1 fully saturated rings. The highest BCUT2D eigenvalue weighted by atomic mass is 16.3. The number of nitrogens with one attached hydrogen (secondary N) is 2. The van der Waals surface area contributed by atoms with E-state index in [4.69, 9.17) is 0 Å². The van der Waals surface area contributed by atoms with Crippen molar-refractivity contribution in [1.29, 1.82) is 0 Å². The van der Waals surface area contributed by atoms with Gasteiger partial charge in [0.25, 0.3) is 0 Å². The lowest BCUT2D eigenvalue weighted by Crippen LogP contribution is -2.41. The fraction of sp³-hybridized carbons (Fsp3) is 0.455. The van der Waals surface area contributed by atoms with Crippen LogP contribution in [0.15, 0.2) is 12.7 Å². The molecule has 1 saturated heterocycles. The van der Waals surface area contributed by atoms with Crippen molar-refractivity contribution in [2.24, 2.45) is 0 Å². The van der Waals surface area contributed by atoms with E-state index in [-0.39, 0.29) is 11.9 Å². The molecule has 2 atom stereocenters. The molecule has 1 amide bonds. The Labute approximate surface area is 108 Å². The minimum atomic E-state index is -0.614. The molecule has 3 heterocycles. The van der Waals surface area contributed by atoms with Gasteiger partial charge in [0.1, 0.15) is 11.8 Å². The van der Waals surface area contributed by atoms with Crippen molar-refractivity contribution in [3.63, 3.8) is 0 Å². The number of β-amino-alcohol motifs (C(OH)–C–C–N with tert-alkyl or cyclic N) is 1. The second-order valence-corrected chi connectivity index (χ2v) is 4.58. The fourth-order valence-corrected chi connectivity index (χ4v) is 2.35. The molecule has 1 aliphatic heterocycles. The third-order valence-corrected chi connectivity index (χ3v) is 3.18. The van der Waals surface area contributed by atoms with Gasteiger partial charge in [0.05, 0.1) is 18.5 Å². The zero-order chi connectivity index (χ0) is 13.4. The monoisotopic (exact) mass is 262 g/mol. The highest BCUT2D eigenvalue weighted by molar-refractivity contribution is 5.83. The van der Waals surface area contributed by atoms with E-state index >= 15 is 0 Å². The number of hydrogen-bond donors (Lipinski definition) is 3. The van der Waals surface area contributed by atoms with Crippen LogP contribution in [-0.2, 0) is 4.79 Å². The first-order chi connectivity index (χ1) is 9.15. The summed E-state index contributed by atoms with van der Waals surface area (Å²) in [5.41, 5.74) is 1.32. The summed E-state index contributed by atoms with van der Waals surface area (Å²) in [5, 5.41) is 12.7. The summed E-state index contributed by atoms with van der Waals surface area (Å²) in [5.74, 6) is 0.537. The lowest BCUT2D eigenvalue weighted by Gasteiger charge is -2.17. The number of nitrogens with zero attached hydrogens (tertiary/aromatic N) is 4. The molecule has 2 aromatic heterocycles. The Kier molecular flexibility index (Phi) is 2.79. The van der Waals surface area contributed by atoms with Crippen LogP contribution in [-0.4, -0.2) is 56.2 Å². The van der Waals surface area contributed by atoms with Crippen LogP contribution in [0.25, 0.3) is 11.2 Å². The normalized spacial score (nSPS) is 22.9. The second-order valence-electron chi connectivity index (χ2n) is 4.58. The number of fused-ring (bicyclic) bond motifs is 1. The second kappa shape index (κ2) is 4.47. The molecule has 19 heavy (non-hydrogen) atoms. The summed E-state index contributed by atoms with van der Waals surface area (Å²) in [6, 6.07) is -0.287. The van der Waals surface area contributed by atoms with Crippen LogP contribution in [0, 0.1) is 0 Å². The number of amides is 1. The van der Waals surface area contributed by atoms with Crippen molar-refractivity contribution in [2.45, 2.75) is 19.1 Å². The molecule has 0 radical (unpaired) electrons. The molecule has 8 nitrogen and oxygen atoms in total. The Balaban J connectivity index is 1.87. The number of imidazole rings is 1. The third kappa shape index (κ3) is 2.10. The summed E-state index contributed by atoms with van der Waals surface area (Å²) in [4.78, 5) is 28.3. The topological polar surface area (TPSA) is 107 Å². The maximum Gasteiger partial charge on any atom is 0.217 e. The van der Waals surface area contributed by atoms with E-state index in [0.29, 0.717) is 24.6 Å². The van der Waals surface area contributed by atoms with Gasteiger partial charge in [0.15, 0.2) is 11.5 Å². The zero-order valence-electron chi connectivity index (χ0n) is 10.4. The highest BCUT2D eigenvalue weighted by Crippen LogP contribution is 2.23. The molecule has 0 saturated carbocycles. The summed E-state index contributed by atoms with van der Waals surface area (Å²) in [6.07, 6.45) is 2.38. The van der Waals surface area contributed by atoms with Gasteiger partial charge in [0, 0.05) is 20.0 Å². The van der Waals surface area contributed by atoms with Crippen molar-refractivity contribution in [3.8, 4) is 0 Å². The minimum Gasteiger partial charge on any atom is -0.389 e. The van der Waals surface area contributed by atoms with Crippen LogP contribution >= 0.6 is 0 Å². The van der Waals surface area contributed by atoms with Crippen LogP contribution in [0.2, 0.25) is 0 Å². The minimum absolute atomic E-state index is 0.153. The molecule has 100 valence electrons. The van der Waals surface area contributed by atoms with Crippen LogP contribution in [0.3, 0.4) is 0 Å². The average Bonchev–Trinajstić information content (AvgIpc) is 2.95. The van der Waals surface area contributed by atoms with Crippen molar-refractivity contribution in [2.75, 3.05) is 18.0 Å². The van der Waals surface area contributed by atoms with E-state index in [1.807, 2.05) is 4.90 Å². The number of aliphatic hydroxyl groups is 1. The smallest absolute Gasteiger partial charge is 0.217 e. The van der Waals surface area contributed by atoms with E-state index in [1.54, 1.807) is 6.33 Å². The first kappa shape index (κ1) is 11.8. The number of aromatic amines is 1. The Morgan fingerprint density at radius 3 is 3.11 bits per heavy atom. The Morgan fingerprint density at radius 1 is 1.47 bits per heavy atom. The van der Waals surface area contributed by atoms with E-state index in [0.717, 1.165) is 5.52 Å². The van der Waals surface area contributed by atoms with Gasteiger partial charge in [-0.2, -0.15) is 0 Å². The average molecular weight is 262 g/mol. The van der Waals surface area contributed by atoms with Crippen LogP contribution in [0.4, 0.5) is 5.82 Å². The molecule has 8 heteroatoms. The fourth-order valence-electron chi connectivity index (χ4n) is 2.35. The zero-order valence-corrected chi connectivity index (χ0v) is 10.4. The first-order valence-corrected chi connectivity index (χ1v) is 5.99. The maximum atomic E-state index is 11.1. The number of hydrogen-bond acceptors (Lipinski definition) is 6. The molecule has 0 bridgehead atoms. The van der Waals surface area contributed by atoms with Crippen molar-refractivity contribution >= 4 is 22.9 Å². The first-order valence-electron chi connectivity index (χ1n) is 5.99. The number of H-pyrrole nitrogens is 1. The molecule has 1 aliphatic rings. The van der Waals surface area contributed by atoms with Gasteiger partial charge in [-0.05, 0) is 0 Å². The van der Waals surface area contributed by atoms with Gasteiger partial charge in [-0.15, -0.1) is 0 Å².